The van der Waals surface area contributed by atoms with Crippen molar-refractivity contribution in [2.75, 3.05) is 0 Å². The fourth-order valence-corrected chi connectivity index (χ4v) is 5.96. The Morgan fingerprint density at radius 2 is 0.644 bits per heavy atom. The number of esters is 2. The van der Waals surface area contributed by atoms with E-state index in [0.29, 0.717) is 39.4 Å². The van der Waals surface area contributed by atoms with Crippen LogP contribution in [0.1, 0.15) is 105 Å². The molecule has 5 aromatic rings. The lowest BCUT2D eigenvalue weighted by Crippen LogP contribution is -2.08. The predicted octanol–water partition coefficient (Wildman–Crippen LogP) is 10.2. The van der Waals surface area contributed by atoms with Crippen LogP contribution in [-0.2, 0) is 52.0 Å². The molecule has 1 heterocycles. The molecule has 1 unspecified atom stereocenters. The Balaban J connectivity index is -0.000000353. The number of carbonyl (C=O) groups is 13. The number of rotatable bonds is 21. The van der Waals surface area contributed by atoms with Crippen molar-refractivity contribution in [3.8, 4) is 5.75 Å². The number of fused-ring (bicyclic) bond motifs is 1. The van der Waals surface area contributed by atoms with Crippen LogP contribution in [0.15, 0.2) is 216 Å². The maximum absolute atomic E-state index is 11.1. The maximum Gasteiger partial charge on any atom is 0.400 e. The largest absolute Gasteiger partial charge is 0.478 e. The summed E-state index contributed by atoms with van der Waals surface area (Å²) in [4.78, 5) is 183. The van der Waals surface area contributed by atoms with Crippen LogP contribution in [0.25, 0.3) is 24.3 Å². The predicted molar refractivity (Wildman–Crippen MR) is 369 cm³/mol. The van der Waals surface area contributed by atoms with Gasteiger partial charge in [-0.25, -0.2) is 66.9 Å². The molecule has 35 nitrogen and oxygen atoms in total. The van der Waals surface area contributed by atoms with Gasteiger partial charge in [0.25, 0.3) is 0 Å². The molecule has 0 saturated carbocycles. The summed E-state index contributed by atoms with van der Waals surface area (Å²) in [5.74, 6) is -11.8. The number of aromatic carboxylic acids is 6. The molecule has 1 aliphatic rings. The Bertz CT molecular complexity index is 4050. The summed E-state index contributed by atoms with van der Waals surface area (Å²) in [5, 5.41) is 91.4. The van der Waals surface area contributed by atoms with Crippen LogP contribution < -0.4 is 4.52 Å². The quantitative estimate of drug-likeness (QED) is 0.0107. The summed E-state index contributed by atoms with van der Waals surface area (Å²) in [7, 11) is -10.6. The molecule has 0 radical (unpaired) electrons. The van der Waals surface area contributed by atoms with Gasteiger partial charge < -0.3 is 85.0 Å². The van der Waals surface area contributed by atoms with Crippen molar-refractivity contribution in [3.63, 3.8) is 0 Å². The van der Waals surface area contributed by atoms with E-state index in [1.165, 1.54) is 72.8 Å². The van der Waals surface area contributed by atoms with Crippen LogP contribution in [-0.4, -0.2) is 159 Å². The summed E-state index contributed by atoms with van der Waals surface area (Å²) >= 11 is 0. The molecule has 0 aromatic heterocycles. The number of para-hydroxylation sites is 1. The minimum absolute atomic E-state index is 0.219. The number of carboxylic acids is 11. The molecule has 0 saturated heterocycles. The fourth-order valence-electron chi connectivity index (χ4n) is 5.31. The summed E-state index contributed by atoms with van der Waals surface area (Å²) in [6.45, 7) is 34.7. The molecule has 104 heavy (non-hydrogen) atoms. The van der Waals surface area contributed by atoms with E-state index < -0.39 is 111 Å². The van der Waals surface area contributed by atoms with Crippen molar-refractivity contribution in [2.24, 2.45) is 0 Å². The molecule has 0 fully saturated rings. The van der Waals surface area contributed by atoms with Crippen LogP contribution in [0, 0.1) is 0 Å². The highest BCUT2D eigenvalue weighted by Gasteiger charge is 2.29. The zero-order valence-electron chi connectivity index (χ0n) is 53.5. The van der Waals surface area contributed by atoms with Gasteiger partial charge in [-0.2, -0.15) is 9.59 Å². The molecule has 1 aliphatic heterocycles. The van der Waals surface area contributed by atoms with Gasteiger partial charge in [0, 0.05) is 17.7 Å². The second-order valence-electron chi connectivity index (χ2n) is 17.3. The van der Waals surface area contributed by atoms with Crippen molar-refractivity contribution in [3.05, 3.63) is 283 Å². The van der Waals surface area contributed by atoms with E-state index in [2.05, 4.69) is 77.1 Å². The lowest BCUT2D eigenvalue weighted by atomic mass is 10.0. The van der Waals surface area contributed by atoms with E-state index in [0.717, 1.165) is 29.1 Å². The fraction of sp³-hybridized carbons (Fsp3) is 0. The van der Waals surface area contributed by atoms with E-state index in [4.69, 9.17) is 89.9 Å². The Kier molecular flexibility index (Phi) is 48.1. The normalized spacial score (nSPS) is 10.2. The topological polar surface area (TPSA) is 629 Å². The summed E-state index contributed by atoms with van der Waals surface area (Å²) in [5.41, 5.74) is 0.208. The average Bonchev–Trinajstić information content (AvgIpc) is 1.60. The van der Waals surface area contributed by atoms with Gasteiger partial charge >= 0.3 is 98.9 Å². The Morgan fingerprint density at radius 3 is 0.846 bits per heavy atom. The van der Waals surface area contributed by atoms with Gasteiger partial charge in [0.15, 0.2) is 0 Å². The van der Waals surface area contributed by atoms with Crippen molar-refractivity contribution >= 4 is 131 Å². The van der Waals surface area contributed by atoms with Gasteiger partial charge in [-0.3, -0.25) is 9.13 Å². The highest BCUT2D eigenvalue weighted by molar-refractivity contribution is 7.64. The van der Waals surface area contributed by atoms with E-state index in [1.54, 1.807) is 54.6 Å². The first kappa shape index (κ1) is 98.9. The third-order valence-corrected chi connectivity index (χ3v) is 12.8. The van der Waals surface area contributed by atoms with Crippen molar-refractivity contribution in [2.45, 2.75) is 0 Å². The summed E-state index contributed by atoms with van der Waals surface area (Å²) < 4.78 is 40.0. The van der Waals surface area contributed by atoms with Crippen molar-refractivity contribution in [1.29, 1.82) is 0 Å². The van der Waals surface area contributed by atoms with Gasteiger partial charge in [0.05, 0.1) is 44.5 Å². The van der Waals surface area contributed by atoms with E-state index in [1.807, 2.05) is 0 Å². The Labute approximate surface area is 587 Å². The van der Waals surface area contributed by atoms with E-state index in [9.17, 15) is 76.0 Å². The third kappa shape index (κ3) is 42.8. The molecular formula is C66H63O35P3. The van der Waals surface area contributed by atoms with Gasteiger partial charge in [-0.05, 0) is 94.6 Å². The maximum atomic E-state index is 11.1. The van der Waals surface area contributed by atoms with Gasteiger partial charge in [0.2, 0.25) is 7.37 Å². The molecule has 552 valence electrons. The summed E-state index contributed by atoms with van der Waals surface area (Å²) in [6.07, 6.45) is 7.06. The lowest BCUT2D eigenvalue weighted by molar-refractivity contribution is -0.192. The van der Waals surface area contributed by atoms with Crippen LogP contribution in [0.2, 0.25) is 0 Å². The number of carboxylic acid groups (broad SMARTS) is 11. The number of hydrogen-bond acceptors (Lipinski definition) is 20. The first-order valence-electron chi connectivity index (χ1n) is 26.4. The number of carbonyl (C=O) groups excluding carboxylic acids is 4. The molecule has 0 amide bonds. The first-order chi connectivity index (χ1) is 48.0. The van der Waals surface area contributed by atoms with Crippen molar-refractivity contribution in [1.82, 2.24) is 0 Å². The number of cyclic esters (lactones) is 2. The molecule has 5 aromatic carbocycles. The Hall–Kier alpha value is -13.7. The SMILES string of the molecule is C=C(C(=O)O)C(=O)O.C=C(C(=O)O)C(=O)O.C=CC(=O)O.C=CP(=O)(O)C=C.C=CP(=O)(O)O.C=CP(=O)(O)Oc1ccccc1.C=Cc1ccc(C(=O)O)c(C(=O)O)c1.C=Cc1ccc(C(=O)O)c(C(=O)O)c1.C=Cc1ccc(C(=O)O)c(C(=O)O)c1.C=Cc1ccc2c(c1)C(=O)OC2=O.O=C=O. The van der Waals surface area contributed by atoms with Crippen LogP contribution in [0.3, 0.4) is 0 Å². The smallest absolute Gasteiger partial charge is 0.400 e. The minimum atomic E-state index is -3.88. The molecule has 1 atom stereocenters. The second kappa shape index (κ2) is 50.6. The van der Waals surface area contributed by atoms with Crippen molar-refractivity contribution < 1.29 is 171 Å². The van der Waals surface area contributed by atoms with E-state index >= 15 is 0 Å². The molecule has 6 rings (SSSR count). The highest BCUT2D eigenvalue weighted by atomic mass is 31.2. The second-order valence-corrected chi connectivity index (χ2v) is 22.6. The molecule has 0 spiro atoms. The van der Waals surface area contributed by atoms with Crippen LogP contribution in [0.5, 0.6) is 5.75 Å². The van der Waals surface area contributed by atoms with Gasteiger partial charge in [-0.1, -0.05) is 139 Å². The highest BCUT2D eigenvalue weighted by Crippen LogP contribution is 2.43. The third-order valence-electron chi connectivity index (χ3n) is 10.3. The molecule has 38 heteroatoms. The monoisotopic (exact) mass is 1510 g/mol. The lowest BCUT2D eigenvalue weighted by Gasteiger charge is -2.07. The van der Waals surface area contributed by atoms with E-state index in [-0.39, 0.29) is 39.5 Å². The number of aliphatic carboxylic acids is 5. The Morgan fingerprint density at radius 1 is 0.385 bits per heavy atom. The number of benzene rings is 5. The zero-order valence-corrected chi connectivity index (χ0v) is 56.2. The molecule has 15 N–H and O–H groups in total. The average molecular weight is 1510 g/mol. The zero-order chi connectivity index (χ0) is 82.2. The van der Waals surface area contributed by atoms with Gasteiger partial charge in [0.1, 0.15) is 16.9 Å². The molecule has 0 aliphatic carbocycles. The standard InChI is InChI=1S/3C10H8O4.C10H6O3.C8H9O3P.2C4H4O4.C4H7O2P.C3H4O2.C2H5O3P.CO2/c3*1-2-6-3-4-7(9(11)12)8(5-6)10(13)14;1-2-6-3-4-7-8(5-6)10(12)13-9(7)11;1-2-12(9,10)11-8-6-4-3-5-7-8;2*1-2(3(5)6)4(7)8;1-3-7(5,6)4-2;1-2-3(4)5;1-2-6(3,4)5;2-1-3/h3*2-5H,1H2,(H,11,12)(H,13,14);2-5H,1H2;2-7H,1H2,(H,9,10);2*1H2,(H,5,6)(H,7,8);3-4H,1-2H2,(H,5,6);2H,1H2,(H,4,5);2H,1H2,(H2,3,4,5);. The molecule has 0 bridgehead atoms. The molecular weight excluding hydrogens is 1450 g/mol. The first-order valence-corrected chi connectivity index (χ1v) is 31.5. The minimum Gasteiger partial charge on any atom is -0.478 e. The number of hydrogen-bond donors (Lipinski definition) is 15. The number of ether oxygens (including phenoxy) is 1. The van der Waals surface area contributed by atoms with Gasteiger partial charge in [-0.15, -0.1) is 0 Å². The van der Waals surface area contributed by atoms with Crippen LogP contribution >= 0.6 is 22.6 Å². The summed E-state index contributed by atoms with van der Waals surface area (Å²) in [6, 6.07) is 25.4. The van der Waals surface area contributed by atoms with Crippen LogP contribution in [0.4, 0.5) is 0 Å².